The van der Waals surface area contributed by atoms with E-state index in [1.54, 1.807) is 0 Å². The van der Waals surface area contributed by atoms with Gasteiger partial charge in [0.2, 0.25) is 0 Å². The summed E-state index contributed by atoms with van der Waals surface area (Å²) in [6, 6.07) is 4.57. The normalized spacial score (nSPS) is 19.8. The van der Waals surface area contributed by atoms with Gasteiger partial charge >= 0.3 is 5.51 Å². The van der Waals surface area contributed by atoms with Gasteiger partial charge < -0.3 is 9.84 Å². The molecule has 2 nitrogen and oxygen atoms in total. The van der Waals surface area contributed by atoms with Crippen LogP contribution in [-0.2, 0) is 6.42 Å². The molecule has 1 N–H and O–H groups in total. The molecule has 1 aliphatic rings. The number of aliphatic hydroxyl groups is 1. The van der Waals surface area contributed by atoms with Crippen molar-refractivity contribution >= 4 is 11.8 Å². The first kappa shape index (κ1) is 17.9. The summed E-state index contributed by atoms with van der Waals surface area (Å²) in [4.78, 5) is -0.340. The van der Waals surface area contributed by atoms with Gasteiger partial charge in [-0.3, -0.25) is 0 Å². The van der Waals surface area contributed by atoms with Crippen molar-refractivity contribution < 1.29 is 36.2 Å². The molecule has 2 atom stereocenters. The molecule has 0 bridgehead atoms. The Morgan fingerprint density at radius 1 is 1.08 bits per heavy atom. The van der Waals surface area contributed by atoms with E-state index in [0.29, 0.717) is 6.07 Å². The van der Waals surface area contributed by atoms with Crippen LogP contribution in [0.15, 0.2) is 35.2 Å². The number of halogens is 6. The third-order valence-electron chi connectivity index (χ3n) is 3.60. The van der Waals surface area contributed by atoms with E-state index in [4.69, 9.17) is 4.74 Å². The number of benzene rings is 2. The molecule has 134 valence electrons. The lowest BCUT2D eigenvalue weighted by molar-refractivity contribution is -0.0329. The number of thioether (sulfide) groups is 1. The van der Waals surface area contributed by atoms with Crippen LogP contribution in [0.3, 0.4) is 0 Å². The molecule has 0 amide bonds. The maximum Gasteiger partial charge on any atom is 0.446 e. The minimum absolute atomic E-state index is 0.0407. The highest BCUT2D eigenvalue weighted by molar-refractivity contribution is 8.00. The molecule has 0 unspecified atom stereocenters. The maximum atomic E-state index is 13.9. The summed E-state index contributed by atoms with van der Waals surface area (Å²) in [5, 5.41) is 9.88. The quantitative estimate of drug-likeness (QED) is 0.579. The summed E-state index contributed by atoms with van der Waals surface area (Å²) >= 11 is -0.470. The summed E-state index contributed by atoms with van der Waals surface area (Å²) in [5.41, 5.74) is -4.79. The summed E-state index contributed by atoms with van der Waals surface area (Å²) < 4.78 is 83.6. The first-order valence-electron chi connectivity index (χ1n) is 7.01. The van der Waals surface area contributed by atoms with Crippen molar-refractivity contribution in [1.29, 1.82) is 0 Å². The van der Waals surface area contributed by atoms with E-state index in [2.05, 4.69) is 0 Å². The molecular formula is C16H10F6O2S. The molecule has 25 heavy (non-hydrogen) atoms. The van der Waals surface area contributed by atoms with Crippen LogP contribution in [0.5, 0.6) is 11.5 Å². The van der Waals surface area contributed by atoms with Crippen LogP contribution >= 0.6 is 11.8 Å². The second-order valence-electron chi connectivity index (χ2n) is 5.37. The fourth-order valence-corrected chi connectivity index (χ4v) is 3.41. The summed E-state index contributed by atoms with van der Waals surface area (Å²) in [7, 11) is 0. The van der Waals surface area contributed by atoms with Gasteiger partial charge in [0.05, 0.1) is 0 Å². The molecule has 0 fully saturated rings. The lowest BCUT2D eigenvalue weighted by atomic mass is 10.1. The van der Waals surface area contributed by atoms with Crippen molar-refractivity contribution in [3.63, 3.8) is 0 Å². The van der Waals surface area contributed by atoms with E-state index in [0.717, 1.165) is 24.3 Å². The topological polar surface area (TPSA) is 29.5 Å². The Hall–Kier alpha value is -1.87. The van der Waals surface area contributed by atoms with Gasteiger partial charge in [0.1, 0.15) is 35.4 Å². The zero-order valence-electron chi connectivity index (χ0n) is 12.3. The highest BCUT2D eigenvalue weighted by Gasteiger charge is 2.39. The minimum atomic E-state index is -4.62. The lowest BCUT2D eigenvalue weighted by Gasteiger charge is -2.16. The van der Waals surface area contributed by atoms with Crippen LogP contribution in [0, 0.1) is 11.6 Å². The Bertz CT molecular complexity index is 788. The van der Waals surface area contributed by atoms with Crippen LogP contribution in [0.2, 0.25) is 0 Å². The number of hydrogen-bond acceptors (Lipinski definition) is 3. The Morgan fingerprint density at radius 3 is 2.32 bits per heavy atom. The number of rotatable bonds is 3. The molecule has 3 rings (SSSR count). The fourth-order valence-electron chi connectivity index (χ4n) is 2.67. The van der Waals surface area contributed by atoms with Gasteiger partial charge in [-0.25, -0.2) is 13.2 Å². The van der Waals surface area contributed by atoms with E-state index in [1.165, 1.54) is 0 Å². The summed E-state index contributed by atoms with van der Waals surface area (Å²) in [5.74, 6) is -2.10. The van der Waals surface area contributed by atoms with Crippen molar-refractivity contribution in [2.75, 3.05) is 0 Å². The van der Waals surface area contributed by atoms with Crippen molar-refractivity contribution in [3.8, 4) is 11.5 Å². The van der Waals surface area contributed by atoms with Crippen molar-refractivity contribution in [3.05, 3.63) is 53.1 Å². The predicted molar refractivity (Wildman–Crippen MR) is 78.3 cm³/mol. The van der Waals surface area contributed by atoms with Crippen LogP contribution in [0.1, 0.15) is 17.2 Å². The minimum Gasteiger partial charge on any atom is -0.457 e. The SMILES string of the molecule is O[C@H]1c2c(SC(F)(F)F)ccc(Oc3cc(F)cc(F)c3)c2C[C@H]1F. The Labute approximate surface area is 142 Å². The zero-order chi connectivity index (χ0) is 18.4. The lowest BCUT2D eigenvalue weighted by Crippen LogP contribution is -2.08. The van der Waals surface area contributed by atoms with Gasteiger partial charge in [-0.15, -0.1) is 0 Å². The van der Waals surface area contributed by atoms with E-state index < -0.39 is 41.2 Å². The second-order valence-corrected chi connectivity index (χ2v) is 6.48. The fraction of sp³-hybridized carbons (Fsp3) is 0.250. The van der Waals surface area contributed by atoms with E-state index in [-0.39, 0.29) is 33.9 Å². The Balaban J connectivity index is 2.02. The van der Waals surface area contributed by atoms with Gasteiger partial charge in [0.25, 0.3) is 0 Å². The first-order chi connectivity index (χ1) is 11.6. The average molecular weight is 380 g/mol. The molecule has 1 aliphatic carbocycles. The van der Waals surface area contributed by atoms with Gasteiger partial charge in [-0.2, -0.15) is 13.2 Å². The van der Waals surface area contributed by atoms with Crippen LogP contribution < -0.4 is 4.74 Å². The van der Waals surface area contributed by atoms with E-state index in [9.17, 15) is 31.4 Å². The third kappa shape index (κ3) is 3.87. The second kappa shape index (κ2) is 6.45. The van der Waals surface area contributed by atoms with Gasteiger partial charge in [-0.05, 0) is 23.9 Å². The van der Waals surface area contributed by atoms with Gasteiger partial charge in [0.15, 0.2) is 0 Å². The molecular weight excluding hydrogens is 370 g/mol. The molecule has 0 heterocycles. The first-order valence-corrected chi connectivity index (χ1v) is 7.83. The summed E-state index contributed by atoms with van der Waals surface area (Å²) in [6.07, 6.45) is -3.89. The standard InChI is InChI=1S/C16H10F6O2S/c17-7-3-8(18)5-9(4-7)24-12-1-2-13(25-16(20,21)22)14-10(12)6-11(19)15(14)23/h1-5,11,15,23H,6H2/t11-,15-/m1/s1. The average Bonchev–Trinajstić information content (AvgIpc) is 2.76. The van der Waals surface area contributed by atoms with Crippen LogP contribution in [-0.4, -0.2) is 16.8 Å². The zero-order valence-corrected chi connectivity index (χ0v) is 13.1. The van der Waals surface area contributed by atoms with Crippen molar-refractivity contribution in [2.45, 2.75) is 29.1 Å². The number of fused-ring (bicyclic) bond motifs is 1. The van der Waals surface area contributed by atoms with Crippen LogP contribution in [0.4, 0.5) is 26.3 Å². The van der Waals surface area contributed by atoms with Crippen LogP contribution in [0.25, 0.3) is 0 Å². The van der Waals surface area contributed by atoms with Crippen molar-refractivity contribution in [1.82, 2.24) is 0 Å². The molecule has 0 spiro atoms. The summed E-state index contributed by atoms with van der Waals surface area (Å²) in [6.45, 7) is 0. The molecule has 0 saturated heterocycles. The molecule has 0 saturated carbocycles. The molecule has 0 radical (unpaired) electrons. The highest BCUT2D eigenvalue weighted by Crippen LogP contribution is 2.48. The number of ether oxygens (including phenoxy) is 1. The maximum absolute atomic E-state index is 13.9. The van der Waals surface area contributed by atoms with Gasteiger partial charge in [0, 0.05) is 40.6 Å². The molecule has 2 aromatic carbocycles. The largest absolute Gasteiger partial charge is 0.457 e. The smallest absolute Gasteiger partial charge is 0.446 e. The predicted octanol–water partition coefficient (Wildman–Crippen LogP) is 5.30. The molecule has 0 aliphatic heterocycles. The molecule has 2 aromatic rings. The number of hydrogen-bond donors (Lipinski definition) is 1. The molecule has 9 heteroatoms. The van der Waals surface area contributed by atoms with E-state index in [1.807, 2.05) is 0 Å². The van der Waals surface area contributed by atoms with E-state index >= 15 is 0 Å². The Morgan fingerprint density at radius 2 is 1.72 bits per heavy atom. The number of aliphatic hydroxyl groups excluding tert-OH is 1. The van der Waals surface area contributed by atoms with Gasteiger partial charge in [-0.1, -0.05) is 0 Å². The Kier molecular flexibility index (Phi) is 4.63. The molecule has 0 aromatic heterocycles. The third-order valence-corrected chi connectivity index (χ3v) is 4.41. The monoisotopic (exact) mass is 380 g/mol. The van der Waals surface area contributed by atoms with Crippen molar-refractivity contribution in [2.24, 2.45) is 0 Å². The highest BCUT2D eigenvalue weighted by atomic mass is 32.2. The number of alkyl halides is 4.